The van der Waals surface area contributed by atoms with Crippen molar-refractivity contribution in [3.8, 4) is 28.0 Å². The fraction of sp³-hybridized carbons (Fsp3) is 0.108. The van der Waals surface area contributed by atoms with E-state index in [2.05, 4.69) is 257 Å². The van der Waals surface area contributed by atoms with Crippen molar-refractivity contribution < 1.29 is 4.74 Å². The number of nitrogens with zero attached hydrogens (tertiary/aromatic N) is 2. The normalized spacial score (nSPS) is 11.3. The van der Waals surface area contributed by atoms with E-state index in [1.54, 1.807) is 0 Å². The first-order valence-electron chi connectivity index (χ1n) is 23.6. The number of rotatable bonds is 14. The molecule has 0 heterocycles. The van der Waals surface area contributed by atoms with Gasteiger partial charge in [0.1, 0.15) is 5.75 Å². The second kappa shape index (κ2) is 20.6. The summed E-state index contributed by atoms with van der Waals surface area (Å²) >= 11 is 0. The second-order valence-electron chi connectivity index (χ2n) is 17.6. The van der Waals surface area contributed by atoms with E-state index < -0.39 is 0 Å². The average molecular weight is 883 g/mol. The van der Waals surface area contributed by atoms with Crippen LogP contribution in [0, 0.1) is 34.6 Å². The van der Waals surface area contributed by atoms with Crippen LogP contribution in [-0.2, 0) is 0 Å². The van der Waals surface area contributed by atoms with Gasteiger partial charge in [0.15, 0.2) is 0 Å². The smallest absolute Gasteiger partial charge is 0.126 e. The van der Waals surface area contributed by atoms with Crippen molar-refractivity contribution in [1.82, 2.24) is 0 Å². The molecule has 0 fully saturated rings. The molecule has 334 valence electrons. The second-order valence-corrected chi connectivity index (χ2v) is 17.6. The highest BCUT2D eigenvalue weighted by molar-refractivity contribution is 5.84. The third-order valence-corrected chi connectivity index (χ3v) is 12.6. The minimum atomic E-state index is 0.637. The van der Waals surface area contributed by atoms with Gasteiger partial charge < -0.3 is 14.5 Å². The van der Waals surface area contributed by atoms with Crippen LogP contribution < -0.4 is 14.5 Å². The van der Waals surface area contributed by atoms with E-state index in [4.69, 9.17) is 4.74 Å². The number of aryl methyl sites for hydroxylation is 5. The highest BCUT2D eigenvalue weighted by atomic mass is 16.5. The lowest BCUT2D eigenvalue weighted by molar-refractivity contribution is 0.339. The van der Waals surface area contributed by atoms with Gasteiger partial charge in [-0.05, 0) is 164 Å². The van der Waals surface area contributed by atoms with Crippen LogP contribution in [0.25, 0.3) is 46.6 Å². The topological polar surface area (TPSA) is 15.7 Å². The molecule has 0 aliphatic heterocycles. The molecule has 9 aromatic carbocycles. The zero-order chi connectivity index (χ0) is 47.0. The largest absolute Gasteiger partial charge is 0.493 e. The van der Waals surface area contributed by atoms with Crippen molar-refractivity contribution in [1.29, 1.82) is 0 Å². The molecule has 0 N–H and O–H groups in total. The van der Waals surface area contributed by atoms with Gasteiger partial charge in [-0.1, -0.05) is 175 Å². The standard InChI is InChI=1S/C65H58N2O/c1-7-68-65-15-11-10-14-58(65)25-19-52-22-36-60(37-23-52)67(64-43-17-47(3)45-50(64)6)62-40-32-57(33-41-62)55-28-26-54(27-29-55)56-30-38-61(39-31-56)66(63-42-16-46(2)44-49(63)5)59-34-20-51(21-35-59)18-24-53-13-9-8-12-48(53)4/h8-45H,7H2,1-6H3/b24-18+,25-19+. The fourth-order valence-electron chi connectivity index (χ4n) is 8.95. The summed E-state index contributed by atoms with van der Waals surface area (Å²) in [6, 6.07) is 74.4. The third-order valence-electron chi connectivity index (χ3n) is 12.6. The lowest BCUT2D eigenvalue weighted by Crippen LogP contribution is -2.11. The summed E-state index contributed by atoms with van der Waals surface area (Å²) in [5, 5.41) is 0. The molecular formula is C65H58N2O. The van der Waals surface area contributed by atoms with Crippen molar-refractivity contribution in [3.63, 3.8) is 0 Å². The maximum Gasteiger partial charge on any atom is 0.126 e. The SMILES string of the molecule is CCOc1ccccc1/C=C/c1ccc(N(c2ccc(-c3ccc(-c4ccc(N(c5ccc(/C=C/c6ccccc6C)cc5)c5ccc(C)cc5C)cc4)cc3)cc2)c2ccc(C)cc2C)cc1. The zero-order valence-electron chi connectivity index (χ0n) is 39.9. The Hall–Kier alpha value is -8.14. The Morgan fingerprint density at radius 3 is 1.13 bits per heavy atom. The fourth-order valence-corrected chi connectivity index (χ4v) is 8.95. The molecule has 68 heavy (non-hydrogen) atoms. The van der Waals surface area contributed by atoms with Crippen LogP contribution in [0.3, 0.4) is 0 Å². The van der Waals surface area contributed by atoms with Gasteiger partial charge in [0, 0.05) is 39.7 Å². The summed E-state index contributed by atoms with van der Waals surface area (Å²) in [5.74, 6) is 0.895. The molecule has 0 radical (unpaired) electrons. The first kappa shape index (κ1) is 45.0. The maximum atomic E-state index is 5.85. The Kier molecular flexibility index (Phi) is 13.6. The Balaban J connectivity index is 0.941. The van der Waals surface area contributed by atoms with E-state index in [9.17, 15) is 0 Å². The van der Waals surface area contributed by atoms with Gasteiger partial charge in [0.25, 0.3) is 0 Å². The minimum absolute atomic E-state index is 0.637. The van der Waals surface area contributed by atoms with Crippen LogP contribution in [0.4, 0.5) is 34.1 Å². The number of anilines is 6. The number of hydrogen-bond acceptors (Lipinski definition) is 3. The van der Waals surface area contributed by atoms with E-state index >= 15 is 0 Å². The molecule has 0 unspecified atom stereocenters. The third kappa shape index (κ3) is 10.3. The molecule has 0 saturated heterocycles. The molecule has 0 saturated carbocycles. The number of para-hydroxylation sites is 1. The molecular weight excluding hydrogens is 825 g/mol. The van der Waals surface area contributed by atoms with Gasteiger partial charge >= 0.3 is 0 Å². The van der Waals surface area contributed by atoms with E-state index in [-0.39, 0.29) is 0 Å². The predicted molar refractivity (Wildman–Crippen MR) is 292 cm³/mol. The first-order chi connectivity index (χ1) is 33.2. The predicted octanol–water partition coefficient (Wildman–Crippen LogP) is 18.2. The van der Waals surface area contributed by atoms with E-state index in [1.165, 1.54) is 66.9 Å². The van der Waals surface area contributed by atoms with Crippen molar-refractivity contribution >= 4 is 58.4 Å². The Bertz CT molecular complexity index is 3200. The van der Waals surface area contributed by atoms with Gasteiger partial charge in [-0.25, -0.2) is 0 Å². The van der Waals surface area contributed by atoms with Gasteiger partial charge in [0.05, 0.1) is 6.61 Å². The van der Waals surface area contributed by atoms with Crippen LogP contribution >= 0.6 is 0 Å². The van der Waals surface area contributed by atoms with Crippen LogP contribution in [-0.4, -0.2) is 6.61 Å². The zero-order valence-corrected chi connectivity index (χ0v) is 39.9. The summed E-state index contributed by atoms with van der Waals surface area (Å²) in [7, 11) is 0. The molecule has 3 heteroatoms. The molecule has 0 aliphatic rings. The van der Waals surface area contributed by atoms with E-state index in [0.29, 0.717) is 6.61 Å². The minimum Gasteiger partial charge on any atom is -0.493 e. The lowest BCUT2D eigenvalue weighted by atomic mass is 9.99. The van der Waals surface area contributed by atoms with Crippen molar-refractivity contribution in [3.05, 3.63) is 256 Å². The molecule has 3 nitrogen and oxygen atoms in total. The van der Waals surface area contributed by atoms with Crippen LogP contribution in [0.2, 0.25) is 0 Å². The molecule has 0 atom stereocenters. The maximum absolute atomic E-state index is 5.85. The highest BCUT2D eigenvalue weighted by Crippen LogP contribution is 2.40. The van der Waals surface area contributed by atoms with Gasteiger partial charge in [0.2, 0.25) is 0 Å². The molecule has 9 aromatic rings. The van der Waals surface area contributed by atoms with E-state index in [0.717, 1.165) is 45.3 Å². The number of hydrogen-bond donors (Lipinski definition) is 0. The summed E-state index contributed by atoms with van der Waals surface area (Å²) in [6.07, 6.45) is 8.65. The molecule has 0 aliphatic carbocycles. The van der Waals surface area contributed by atoms with Crippen molar-refractivity contribution in [2.24, 2.45) is 0 Å². The first-order valence-corrected chi connectivity index (χ1v) is 23.6. The Labute approximate surface area is 403 Å². The number of ether oxygens (including phenoxy) is 1. The number of benzene rings is 9. The highest BCUT2D eigenvalue weighted by Gasteiger charge is 2.17. The monoisotopic (exact) mass is 882 g/mol. The quantitative estimate of drug-likeness (QED) is 0.101. The summed E-state index contributed by atoms with van der Waals surface area (Å²) in [6.45, 7) is 13.5. The van der Waals surface area contributed by atoms with Crippen LogP contribution in [0.15, 0.2) is 206 Å². The summed E-state index contributed by atoms with van der Waals surface area (Å²) < 4.78 is 5.85. The Morgan fingerprint density at radius 1 is 0.353 bits per heavy atom. The Morgan fingerprint density at radius 2 is 0.721 bits per heavy atom. The van der Waals surface area contributed by atoms with Gasteiger partial charge in [-0.15, -0.1) is 0 Å². The van der Waals surface area contributed by atoms with Gasteiger partial charge in [-0.2, -0.15) is 0 Å². The molecule has 9 rings (SSSR count). The lowest BCUT2D eigenvalue weighted by Gasteiger charge is -2.27. The average Bonchev–Trinajstić information content (AvgIpc) is 3.36. The summed E-state index contributed by atoms with van der Waals surface area (Å²) in [4.78, 5) is 4.71. The molecule has 0 bridgehead atoms. The van der Waals surface area contributed by atoms with Crippen molar-refractivity contribution in [2.75, 3.05) is 16.4 Å². The van der Waals surface area contributed by atoms with Crippen molar-refractivity contribution in [2.45, 2.75) is 41.5 Å². The van der Waals surface area contributed by atoms with Crippen LogP contribution in [0.1, 0.15) is 57.0 Å². The summed E-state index contributed by atoms with van der Waals surface area (Å²) in [5.41, 5.74) is 22.3. The molecule has 0 amide bonds. The molecule has 0 spiro atoms. The van der Waals surface area contributed by atoms with Gasteiger partial charge in [-0.3, -0.25) is 0 Å². The molecule has 0 aromatic heterocycles. The van der Waals surface area contributed by atoms with Crippen LogP contribution in [0.5, 0.6) is 5.75 Å². The van der Waals surface area contributed by atoms with E-state index in [1.807, 2.05) is 25.1 Å².